The van der Waals surface area contributed by atoms with E-state index in [0.717, 1.165) is 5.54 Å². The van der Waals surface area contributed by atoms with Crippen LogP contribution in [0.3, 0.4) is 0 Å². The molecule has 0 N–H and O–H groups in total. The van der Waals surface area contributed by atoms with Crippen molar-refractivity contribution in [2.75, 3.05) is 0 Å². The van der Waals surface area contributed by atoms with Gasteiger partial charge >= 0.3 is 0 Å². The highest BCUT2D eigenvalue weighted by Gasteiger charge is 2.34. The molecule has 0 amide bonds. The van der Waals surface area contributed by atoms with E-state index in [2.05, 4.69) is 58.9 Å². The summed E-state index contributed by atoms with van der Waals surface area (Å²) in [6.07, 6.45) is 16.3. The molecule has 0 aromatic carbocycles. The molecule has 2 aliphatic carbocycles. The van der Waals surface area contributed by atoms with E-state index in [9.17, 15) is 0 Å². The zero-order valence-electron chi connectivity index (χ0n) is 14.6. The number of unbranched alkanes of at least 4 members (excludes halogenated alkanes) is 2. The van der Waals surface area contributed by atoms with E-state index in [0.29, 0.717) is 5.04 Å². The Kier molecular flexibility index (Phi) is 5.48. The van der Waals surface area contributed by atoms with E-state index < -0.39 is 0 Å². The lowest BCUT2D eigenvalue weighted by Gasteiger charge is -2.35. The van der Waals surface area contributed by atoms with E-state index >= 15 is 0 Å². The molecule has 0 aromatic heterocycles. The van der Waals surface area contributed by atoms with E-state index in [1.54, 1.807) is 22.3 Å². The number of allylic oxidation sites excluding steroid dienone is 8. The minimum Gasteiger partial charge on any atom is -0.0840 e. The molecule has 0 nitrogen and oxygen atoms in total. The highest BCUT2D eigenvalue weighted by Crippen LogP contribution is 2.49. The first-order valence-corrected chi connectivity index (χ1v) is 10.2. The Morgan fingerprint density at radius 2 is 1.71 bits per heavy atom. The van der Waals surface area contributed by atoms with Crippen molar-refractivity contribution in [3.8, 4) is 0 Å². The van der Waals surface area contributed by atoms with Crippen LogP contribution in [0.2, 0.25) is 10.6 Å². The van der Waals surface area contributed by atoms with Crippen LogP contribution in [-0.4, -0.2) is 9.52 Å². The van der Waals surface area contributed by atoms with Crippen LogP contribution in [0, 0.1) is 0 Å². The topological polar surface area (TPSA) is 0 Å². The van der Waals surface area contributed by atoms with Crippen LogP contribution >= 0.6 is 0 Å². The quantitative estimate of drug-likeness (QED) is 0.424. The summed E-state index contributed by atoms with van der Waals surface area (Å²) in [5.74, 6) is 0. The SMILES string of the molecule is CCCCCC1([SiH2]C2C(C)=C(C)C(C)=C2C)C=CC=CC1. The van der Waals surface area contributed by atoms with Gasteiger partial charge in [-0.1, -0.05) is 61.6 Å². The van der Waals surface area contributed by atoms with Crippen LogP contribution in [0.5, 0.6) is 0 Å². The lowest BCUT2D eigenvalue weighted by Crippen LogP contribution is -2.24. The summed E-state index contributed by atoms with van der Waals surface area (Å²) >= 11 is 0. The Morgan fingerprint density at radius 3 is 2.24 bits per heavy atom. The summed E-state index contributed by atoms with van der Waals surface area (Å²) in [5.41, 5.74) is 7.31. The normalized spacial score (nSPS) is 26.9. The fourth-order valence-electron chi connectivity index (χ4n) is 4.03. The summed E-state index contributed by atoms with van der Waals surface area (Å²) in [7, 11) is -0.205. The van der Waals surface area contributed by atoms with Crippen molar-refractivity contribution < 1.29 is 0 Å². The van der Waals surface area contributed by atoms with Crippen molar-refractivity contribution in [2.45, 2.75) is 77.3 Å². The zero-order chi connectivity index (χ0) is 15.5. The third kappa shape index (κ3) is 3.51. The molecular formula is C20H32Si. The standard InChI is InChI=1S/C20H32Si/c1-6-7-9-12-20(13-10-8-11-14-20)21-19-17(4)15(2)16(3)18(19)5/h8,10-11,13,19H,6-7,9,12,14,21H2,1-5H3. The van der Waals surface area contributed by atoms with Gasteiger partial charge in [-0.15, -0.1) is 0 Å². The van der Waals surface area contributed by atoms with Gasteiger partial charge in [-0.25, -0.2) is 0 Å². The predicted octanol–water partition coefficient (Wildman–Crippen LogP) is 5.89. The van der Waals surface area contributed by atoms with Gasteiger partial charge in [0.25, 0.3) is 0 Å². The van der Waals surface area contributed by atoms with Crippen LogP contribution in [0.1, 0.15) is 66.7 Å². The second-order valence-electron chi connectivity index (χ2n) is 7.18. The molecule has 1 heteroatoms. The summed E-state index contributed by atoms with van der Waals surface area (Å²) in [5, 5.41) is 0.530. The smallest absolute Gasteiger partial charge is 0.0454 e. The van der Waals surface area contributed by atoms with Crippen LogP contribution in [0.15, 0.2) is 46.6 Å². The van der Waals surface area contributed by atoms with Crippen LogP contribution < -0.4 is 0 Å². The van der Waals surface area contributed by atoms with Gasteiger partial charge in [-0.05, 0) is 62.3 Å². The number of rotatable bonds is 6. The lowest BCUT2D eigenvalue weighted by atomic mass is 9.93. The average molecular weight is 301 g/mol. The summed E-state index contributed by atoms with van der Waals surface area (Å²) in [6, 6.07) is 0. The van der Waals surface area contributed by atoms with Gasteiger partial charge in [0, 0.05) is 9.52 Å². The Bertz CT molecular complexity index is 480. The van der Waals surface area contributed by atoms with E-state index in [4.69, 9.17) is 0 Å². The molecule has 1 unspecified atom stereocenters. The first kappa shape index (κ1) is 16.5. The Morgan fingerprint density at radius 1 is 1.05 bits per heavy atom. The second kappa shape index (κ2) is 6.96. The summed E-state index contributed by atoms with van der Waals surface area (Å²) in [6.45, 7) is 11.7. The Labute approximate surface area is 133 Å². The molecule has 0 saturated carbocycles. The van der Waals surface area contributed by atoms with E-state index in [-0.39, 0.29) is 9.52 Å². The van der Waals surface area contributed by atoms with Crippen molar-refractivity contribution in [3.63, 3.8) is 0 Å². The average Bonchev–Trinajstić information content (AvgIpc) is 2.66. The predicted molar refractivity (Wildman–Crippen MR) is 98.8 cm³/mol. The van der Waals surface area contributed by atoms with Crippen molar-refractivity contribution in [3.05, 3.63) is 46.6 Å². The maximum Gasteiger partial charge on any atom is 0.0454 e. The van der Waals surface area contributed by atoms with Gasteiger partial charge < -0.3 is 0 Å². The first-order valence-electron chi connectivity index (χ1n) is 8.70. The van der Waals surface area contributed by atoms with Crippen molar-refractivity contribution in [1.29, 1.82) is 0 Å². The molecule has 0 saturated heterocycles. The molecule has 21 heavy (non-hydrogen) atoms. The highest BCUT2D eigenvalue weighted by atomic mass is 28.2. The van der Waals surface area contributed by atoms with Crippen molar-refractivity contribution in [1.82, 2.24) is 0 Å². The minimum absolute atomic E-state index is 0.205. The van der Waals surface area contributed by atoms with Gasteiger partial charge in [-0.3, -0.25) is 0 Å². The minimum atomic E-state index is -0.205. The maximum absolute atomic E-state index is 2.57. The molecule has 116 valence electrons. The molecule has 0 aliphatic heterocycles. The molecule has 0 aromatic rings. The molecule has 0 radical (unpaired) electrons. The molecule has 0 fully saturated rings. The zero-order valence-corrected chi connectivity index (χ0v) is 16.0. The van der Waals surface area contributed by atoms with E-state index in [1.807, 2.05) is 0 Å². The molecular weight excluding hydrogens is 268 g/mol. The summed E-state index contributed by atoms with van der Waals surface area (Å²) in [4.78, 5) is 0. The fraction of sp³-hybridized carbons (Fsp3) is 0.600. The molecule has 2 aliphatic rings. The Balaban J connectivity index is 2.17. The molecule has 0 bridgehead atoms. The monoisotopic (exact) mass is 300 g/mol. The first-order chi connectivity index (χ1) is 10.0. The van der Waals surface area contributed by atoms with Gasteiger partial charge in [0.1, 0.15) is 0 Å². The number of hydrogen-bond donors (Lipinski definition) is 0. The molecule has 1 atom stereocenters. The van der Waals surface area contributed by atoms with E-state index in [1.165, 1.54) is 32.1 Å². The molecule has 0 heterocycles. The van der Waals surface area contributed by atoms with Gasteiger partial charge in [0.15, 0.2) is 0 Å². The largest absolute Gasteiger partial charge is 0.0840 e. The van der Waals surface area contributed by atoms with Gasteiger partial charge in [0.05, 0.1) is 0 Å². The van der Waals surface area contributed by atoms with Crippen LogP contribution in [0.25, 0.3) is 0 Å². The van der Waals surface area contributed by atoms with Crippen molar-refractivity contribution >= 4 is 9.52 Å². The fourth-order valence-corrected chi connectivity index (χ4v) is 7.12. The summed E-state index contributed by atoms with van der Waals surface area (Å²) < 4.78 is 0. The molecule has 2 rings (SSSR count). The Hall–Kier alpha value is -0.823. The third-order valence-electron chi connectivity index (χ3n) is 5.90. The second-order valence-corrected chi connectivity index (χ2v) is 9.82. The lowest BCUT2D eigenvalue weighted by molar-refractivity contribution is 0.551. The van der Waals surface area contributed by atoms with Crippen molar-refractivity contribution in [2.24, 2.45) is 0 Å². The van der Waals surface area contributed by atoms with Crippen LogP contribution in [-0.2, 0) is 0 Å². The van der Waals surface area contributed by atoms with Gasteiger partial charge in [-0.2, -0.15) is 0 Å². The number of hydrogen-bond acceptors (Lipinski definition) is 0. The van der Waals surface area contributed by atoms with Gasteiger partial charge in [0.2, 0.25) is 0 Å². The highest BCUT2D eigenvalue weighted by molar-refractivity contribution is 6.45. The molecule has 0 spiro atoms. The third-order valence-corrected chi connectivity index (χ3v) is 9.23. The van der Waals surface area contributed by atoms with Crippen LogP contribution in [0.4, 0.5) is 0 Å². The maximum atomic E-state index is 2.57.